The standard InChI is InChI=1S/C12H25OSi.3C4H9.Sn/c1-7-8-9-10-11-13-14(5,6)12(2,3)4;3*1-3-4-2;/h8-10H,7,11H2,1-6H3;3*1,3-4H2,2H3;/b10-9+;;;;. The SMILES string of the molecule is CCC[CH2][Sn]([CH2]CCC)([CH2]CCC)[CH](/C=C/CO[Si](C)(C)C(C)(C)C)CC. The van der Waals surface area contributed by atoms with E-state index in [9.17, 15) is 0 Å². The van der Waals surface area contributed by atoms with Gasteiger partial charge in [-0.25, -0.2) is 0 Å². The molecule has 1 nitrogen and oxygen atoms in total. The molecule has 3 heteroatoms. The van der Waals surface area contributed by atoms with Crippen LogP contribution >= 0.6 is 0 Å². The van der Waals surface area contributed by atoms with E-state index in [2.05, 4.69) is 73.7 Å². The van der Waals surface area contributed by atoms with Crippen molar-refractivity contribution in [1.82, 2.24) is 0 Å². The van der Waals surface area contributed by atoms with E-state index >= 15 is 0 Å². The van der Waals surface area contributed by atoms with E-state index in [1.807, 2.05) is 0 Å². The van der Waals surface area contributed by atoms with Gasteiger partial charge in [0.1, 0.15) is 0 Å². The summed E-state index contributed by atoms with van der Waals surface area (Å²) in [5.41, 5.74) is 0. The van der Waals surface area contributed by atoms with Gasteiger partial charge in [-0.3, -0.25) is 0 Å². The Bertz CT molecular complexity index is 376. The first-order valence-electron chi connectivity index (χ1n) is 11.9. The van der Waals surface area contributed by atoms with Crippen molar-refractivity contribution >= 4 is 26.7 Å². The van der Waals surface area contributed by atoms with E-state index in [-0.39, 0.29) is 0 Å². The van der Waals surface area contributed by atoms with Crippen molar-refractivity contribution in [3.8, 4) is 0 Å². The molecule has 162 valence electrons. The maximum absolute atomic E-state index is 6.42. The molecular weight excluding hydrogens is 451 g/mol. The van der Waals surface area contributed by atoms with Crippen LogP contribution in [0.2, 0.25) is 35.4 Å². The molecule has 0 amide bonds. The second-order valence-electron chi connectivity index (χ2n) is 10.2. The molecule has 1 atom stereocenters. The summed E-state index contributed by atoms with van der Waals surface area (Å²) in [6, 6.07) is 0. The molecule has 0 rings (SSSR count). The number of hydrogen-bond acceptors (Lipinski definition) is 1. The van der Waals surface area contributed by atoms with Crippen molar-refractivity contribution in [3.05, 3.63) is 12.2 Å². The predicted octanol–water partition coefficient (Wildman–Crippen LogP) is 9.19. The molecule has 0 aromatic heterocycles. The zero-order valence-electron chi connectivity index (χ0n) is 20.4. The maximum atomic E-state index is 6.42. The van der Waals surface area contributed by atoms with Crippen LogP contribution in [0, 0.1) is 0 Å². The molecule has 0 radical (unpaired) electrons. The van der Waals surface area contributed by atoms with Gasteiger partial charge >= 0.3 is 179 Å². The third-order valence-electron chi connectivity index (χ3n) is 7.03. The van der Waals surface area contributed by atoms with E-state index in [1.165, 1.54) is 44.9 Å². The fraction of sp³-hybridized carbons (Fsp3) is 0.917. The molecule has 0 N–H and O–H groups in total. The number of allylic oxidation sites excluding steroid dienone is 1. The summed E-state index contributed by atoms with van der Waals surface area (Å²) in [5, 5.41) is 0.303. The normalized spacial score (nSPS) is 14.9. The molecular formula is C24H52OSiSn. The zero-order chi connectivity index (χ0) is 21.0. The van der Waals surface area contributed by atoms with Crippen LogP contribution in [0.15, 0.2) is 12.2 Å². The molecule has 0 spiro atoms. The van der Waals surface area contributed by atoms with Crippen molar-refractivity contribution in [1.29, 1.82) is 0 Å². The second-order valence-corrected chi connectivity index (χ2v) is 29.2. The minimum absolute atomic E-state index is 0.303. The summed E-state index contributed by atoms with van der Waals surface area (Å²) >= 11 is -2.15. The first-order chi connectivity index (χ1) is 12.6. The molecule has 0 aliphatic heterocycles. The van der Waals surface area contributed by atoms with E-state index < -0.39 is 26.7 Å². The van der Waals surface area contributed by atoms with E-state index in [0.29, 0.717) is 5.04 Å². The van der Waals surface area contributed by atoms with Crippen LogP contribution < -0.4 is 0 Å². The van der Waals surface area contributed by atoms with Gasteiger partial charge in [-0.1, -0.05) is 0 Å². The molecule has 1 unspecified atom stereocenters. The zero-order valence-corrected chi connectivity index (χ0v) is 24.3. The Hall–Kier alpha value is 0.716. The molecule has 27 heavy (non-hydrogen) atoms. The van der Waals surface area contributed by atoms with Gasteiger partial charge < -0.3 is 0 Å². The molecule has 0 aromatic carbocycles. The molecule has 0 aromatic rings. The van der Waals surface area contributed by atoms with Gasteiger partial charge in [0, 0.05) is 0 Å². The molecule has 0 saturated carbocycles. The van der Waals surface area contributed by atoms with Gasteiger partial charge in [0.2, 0.25) is 0 Å². The monoisotopic (exact) mass is 504 g/mol. The van der Waals surface area contributed by atoms with Gasteiger partial charge in [-0.2, -0.15) is 0 Å². The third-order valence-corrected chi connectivity index (χ3v) is 29.3. The van der Waals surface area contributed by atoms with Gasteiger partial charge in [0.15, 0.2) is 0 Å². The van der Waals surface area contributed by atoms with Crippen molar-refractivity contribution < 1.29 is 4.43 Å². The van der Waals surface area contributed by atoms with Crippen molar-refractivity contribution in [3.63, 3.8) is 0 Å². The summed E-state index contributed by atoms with van der Waals surface area (Å²) < 4.78 is 12.2. The first-order valence-corrected chi connectivity index (χ1v) is 22.5. The van der Waals surface area contributed by atoms with E-state index in [0.717, 1.165) is 10.5 Å². The van der Waals surface area contributed by atoms with Crippen LogP contribution in [0.5, 0.6) is 0 Å². The summed E-state index contributed by atoms with van der Waals surface area (Å²) in [5.74, 6) is 0. The predicted molar refractivity (Wildman–Crippen MR) is 131 cm³/mol. The van der Waals surface area contributed by atoms with Crippen LogP contribution in [-0.2, 0) is 4.43 Å². The molecule has 0 fully saturated rings. The summed E-state index contributed by atoms with van der Waals surface area (Å²) in [4.78, 5) is 0. The van der Waals surface area contributed by atoms with Gasteiger partial charge in [0.25, 0.3) is 0 Å². The van der Waals surface area contributed by atoms with Crippen molar-refractivity contribution in [2.24, 2.45) is 0 Å². The Balaban J connectivity index is 5.25. The molecule has 0 aliphatic carbocycles. The minimum atomic E-state index is -2.15. The Morgan fingerprint density at radius 1 is 0.852 bits per heavy atom. The van der Waals surface area contributed by atoms with Crippen molar-refractivity contribution in [2.75, 3.05) is 6.61 Å². The Labute approximate surface area is 178 Å². The summed E-state index contributed by atoms with van der Waals surface area (Å²) in [6.07, 6.45) is 14.9. The Morgan fingerprint density at radius 3 is 1.63 bits per heavy atom. The van der Waals surface area contributed by atoms with Crippen molar-refractivity contribution in [2.45, 2.75) is 129 Å². The van der Waals surface area contributed by atoms with E-state index in [1.54, 1.807) is 13.3 Å². The molecule has 0 aliphatic rings. The average molecular weight is 503 g/mol. The van der Waals surface area contributed by atoms with Gasteiger partial charge in [-0.05, 0) is 0 Å². The second kappa shape index (κ2) is 13.8. The number of hydrogen-bond donors (Lipinski definition) is 0. The van der Waals surface area contributed by atoms with Crippen LogP contribution in [0.3, 0.4) is 0 Å². The summed E-state index contributed by atoms with van der Waals surface area (Å²) in [7, 11) is -1.63. The molecule has 0 bridgehead atoms. The molecule has 0 heterocycles. The number of unbranched alkanes of at least 4 members (excludes halogenated alkanes) is 3. The Kier molecular flexibility index (Phi) is 14.2. The van der Waals surface area contributed by atoms with Crippen LogP contribution in [0.25, 0.3) is 0 Å². The van der Waals surface area contributed by atoms with Gasteiger partial charge in [0.05, 0.1) is 0 Å². The van der Waals surface area contributed by atoms with Crippen LogP contribution in [0.4, 0.5) is 0 Å². The summed E-state index contributed by atoms with van der Waals surface area (Å²) in [6.45, 7) is 22.1. The third kappa shape index (κ3) is 9.84. The van der Waals surface area contributed by atoms with E-state index in [4.69, 9.17) is 4.43 Å². The van der Waals surface area contributed by atoms with Gasteiger partial charge in [-0.15, -0.1) is 0 Å². The molecule has 0 saturated heterocycles. The topological polar surface area (TPSA) is 9.23 Å². The van der Waals surface area contributed by atoms with Crippen LogP contribution in [0.1, 0.15) is 93.4 Å². The fourth-order valence-electron chi connectivity index (χ4n) is 3.98. The average Bonchev–Trinajstić information content (AvgIpc) is 2.61. The Morgan fingerprint density at radius 2 is 1.30 bits per heavy atom. The van der Waals surface area contributed by atoms with Crippen LogP contribution in [-0.4, -0.2) is 33.3 Å². The number of rotatable bonds is 15. The quantitative estimate of drug-likeness (QED) is 0.160. The fourth-order valence-corrected chi connectivity index (χ4v) is 23.3. The first kappa shape index (κ1) is 27.7.